The largest absolute Gasteiger partial charge is 0.394 e. The van der Waals surface area contributed by atoms with Crippen LogP contribution in [0.5, 0.6) is 0 Å². The molecule has 2 atom stereocenters. The number of rotatable bonds is 4. The van der Waals surface area contributed by atoms with Crippen LogP contribution < -0.4 is 5.32 Å². The van der Waals surface area contributed by atoms with Gasteiger partial charge in [-0.2, -0.15) is 0 Å². The number of aliphatic hydroxyl groups excluding tert-OH is 1. The fourth-order valence-electron chi connectivity index (χ4n) is 0.593. The number of hydrogen-bond acceptors (Lipinski definition) is 2. The van der Waals surface area contributed by atoms with E-state index in [1.54, 1.807) is 6.92 Å². The van der Waals surface area contributed by atoms with Gasteiger partial charge in [0.2, 0.25) is 5.91 Å². The summed E-state index contributed by atoms with van der Waals surface area (Å²) in [5.41, 5.74) is 0. The summed E-state index contributed by atoms with van der Waals surface area (Å²) >= 11 is 3.13. The molecule has 0 aromatic carbocycles. The van der Waals surface area contributed by atoms with Crippen LogP contribution in [0.15, 0.2) is 0 Å². The Hall–Kier alpha value is -0.0900. The lowest BCUT2D eigenvalue weighted by atomic mass is 10.2. The average molecular weight is 224 g/mol. The van der Waals surface area contributed by atoms with Crippen LogP contribution in [0.4, 0.5) is 0 Å². The molecule has 0 spiro atoms. The first-order valence-corrected chi connectivity index (χ1v) is 4.58. The minimum Gasteiger partial charge on any atom is -0.394 e. The van der Waals surface area contributed by atoms with Crippen LogP contribution in [-0.2, 0) is 4.79 Å². The number of alkyl halides is 1. The van der Waals surface area contributed by atoms with E-state index in [0.717, 1.165) is 6.42 Å². The highest BCUT2D eigenvalue weighted by atomic mass is 79.9. The third kappa shape index (κ3) is 4.37. The predicted octanol–water partition coefficient (Wildman–Crippen LogP) is 0.657. The maximum atomic E-state index is 11.0. The Morgan fingerprint density at radius 3 is 2.55 bits per heavy atom. The number of halogens is 1. The quantitative estimate of drug-likeness (QED) is 0.689. The Labute approximate surface area is 75.3 Å². The molecular weight excluding hydrogens is 210 g/mol. The van der Waals surface area contributed by atoms with Gasteiger partial charge in [0.1, 0.15) is 0 Å². The van der Waals surface area contributed by atoms with Crippen molar-refractivity contribution in [1.29, 1.82) is 0 Å². The van der Waals surface area contributed by atoms with Crippen LogP contribution in [0, 0.1) is 0 Å². The molecule has 0 saturated heterocycles. The van der Waals surface area contributed by atoms with Gasteiger partial charge < -0.3 is 10.4 Å². The smallest absolute Gasteiger partial charge is 0.233 e. The van der Waals surface area contributed by atoms with E-state index in [4.69, 9.17) is 5.11 Å². The second kappa shape index (κ2) is 5.55. The Bertz CT molecular complexity index is 124. The van der Waals surface area contributed by atoms with E-state index in [-0.39, 0.29) is 23.4 Å². The Kier molecular flexibility index (Phi) is 5.50. The first-order chi connectivity index (χ1) is 5.11. The van der Waals surface area contributed by atoms with Crippen molar-refractivity contribution in [3.05, 3.63) is 0 Å². The van der Waals surface area contributed by atoms with Crippen molar-refractivity contribution in [3.8, 4) is 0 Å². The fourth-order valence-corrected chi connectivity index (χ4v) is 0.725. The molecular formula is C7H14BrNO2. The number of carbonyl (C=O) groups is 1. The van der Waals surface area contributed by atoms with Crippen molar-refractivity contribution >= 4 is 21.8 Å². The van der Waals surface area contributed by atoms with Gasteiger partial charge in [0.05, 0.1) is 17.5 Å². The molecule has 66 valence electrons. The molecule has 4 heteroatoms. The lowest BCUT2D eigenvalue weighted by molar-refractivity contribution is -0.121. The van der Waals surface area contributed by atoms with Crippen molar-refractivity contribution in [2.24, 2.45) is 0 Å². The third-order valence-corrected chi connectivity index (χ3v) is 1.84. The zero-order valence-electron chi connectivity index (χ0n) is 6.80. The summed E-state index contributed by atoms with van der Waals surface area (Å²) in [7, 11) is 0. The molecule has 0 fully saturated rings. The molecule has 0 rings (SSSR count). The van der Waals surface area contributed by atoms with Gasteiger partial charge in [-0.1, -0.05) is 22.9 Å². The summed E-state index contributed by atoms with van der Waals surface area (Å²) in [4.78, 5) is 10.8. The molecule has 0 aromatic rings. The Morgan fingerprint density at radius 2 is 2.27 bits per heavy atom. The first-order valence-electron chi connectivity index (χ1n) is 3.67. The fraction of sp³-hybridized carbons (Fsp3) is 0.857. The molecule has 11 heavy (non-hydrogen) atoms. The molecule has 0 aromatic heterocycles. The summed E-state index contributed by atoms with van der Waals surface area (Å²) in [6.07, 6.45) is 0.752. The normalized spacial score (nSPS) is 15.6. The monoisotopic (exact) mass is 223 g/mol. The van der Waals surface area contributed by atoms with Crippen LogP contribution in [0.3, 0.4) is 0 Å². The number of amides is 1. The minimum atomic E-state index is -0.192. The third-order valence-electron chi connectivity index (χ3n) is 1.42. The van der Waals surface area contributed by atoms with E-state index in [0.29, 0.717) is 0 Å². The van der Waals surface area contributed by atoms with Gasteiger partial charge in [0, 0.05) is 0 Å². The summed E-state index contributed by atoms with van der Waals surface area (Å²) < 4.78 is 0. The number of hydrogen-bond donors (Lipinski definition) is 2. The van der Waals surface area contributed by atoms with Gasteiger partial charge in [0.25, 0.3) is 0 Å². The first kappa shape index (κ1) is 10.9. The SMILES string of the molecule is CCC(CO)NC(=O)C(C)Br. The van der Waals surface area contributed by atoms with Crippen LogP contribution in [0.2, 0.25) is 0 Å². The number of nitrogens with one attached hydrogen (secondary N) is 1. The molecule has 0 heterocycles. The Morgan fingerprint density at radius 1 is 1.73 bits per heavy atom. The molecule has 0 saturated carbocycles. The van der Waals surface area contributed by atoms with Crippen molar-refractivity contribution < 1.29 is 9.90 Å². The summed E-state index contributed by atoms with van der Waals surface area (Å²) in [5, 5.41) is 11.4. The molecule has 2 unspecified atom stereocenters. The van der Waals surface area contributed by atoms with Gasteiger partial charge in [-0.3, -0.25) is 4.79 Å². The predicted molar refractivity (Wildman–Crippen MR) is 47.7 cm³/mol. The topological polar surface area (TPSA) is 49.3 Å². The van der Waals surface area contributed by atoms with E-state index in [1.807, 2.05) is 6.92 Å². The molecule has 1 amide bonds. The van der Waals surface area contributed by atoms with Gasteiger partial charge >= 0.3 is 0 Å². The second-order valence-corrected chi connectivity index (χ2v) is 3.79. The standard InChI is InChI=1S/C7H14BrNO2/c1-3-6(4-10)9-7(11)5(2)8/h5-6,10H,3-4H2,1-2H3,(H,9,11). The Balaban J connectivity index is 3.72. The van der Waals surface area contributed by atoms with E-state index < -0.39 is 0 Å². The maximum Gasteiger partial charge on any atom is 0.233 e. The second-order valence-electron chi connectivity index (χ2n) is 2.41. The lowest BCUT2D eigenvalue weighted by Crippen LogP contribution is -2.40. The summed E-state index contributed by atoms with van der Waals surface area (Å²) in [6.45, 7) is 3.67. The van der Waals surface area contributed by atoms with Crippen molar-refractivity contribution in [2.75, 3.05) is 6.61 Å². The minimum absolute atomic E-state index is 0.00194. The molecule has 0 aliphatic heterocycles. The van der Waals surface area contributed by atoms with Gasteiger partial charge in [0.15, 0.2) is 0 Å². The van der Waals surface area contributed by atoms with E-state index >= 15 is 0 Å². The van der Waals surface area contributed by atoms with Gasteiger partial charge in [-0.05, 0) is 13.3 Å². The van der Waals surface area contributed by atoms with E-state index in [2.05, 4.69) is 21.2 Å². The van der Waals surface area contributed by atoms with Crippen LogP contribution in [0.1, 0.15) is 20.3 Å². The molecule has 0 aliphatic carbocycles. The van der Waals surface area contributed by atoms with Crippen LogP contribution in [0.25, 0.3) is 0 Å². The number of carbonyl (C=O) groups excluding carboxylic acids is 1. The maximum absolute atomic E-state index is 11.0. The van der Waals surface area contributed by atoms with E-state index in [9.17, 15) is 4.79 Å². The van der Waals surface area contributed by atoms with Crippen molar-refractivity contribution in [3.63, 3.8) is 0 Å². The van der Waals surface area contributed by atoms with Gasteiger partial charge in [-0.15, -0.1) is 0 Å². The zero-order valence-corrected chi connectivity index (χ0v) is 8.39. The van der Waals surface area contributed by atoms with Crippen molar-refractivity contribution in [1.82, 2.24) is 5.32 Å². The molecule has 0 radical (unpaired) electrons. The lowest BCUT2D eigenvalue weighted by Gasteiger charge is -2.14. The molecule has 0 aliphatic rings. The van der Waals surface area contributed by atoms with Crippen LogP contribution >= 0.6 is 15.9 Å². The summed E-state index contributed by atoms with van der Waals surface area (Å²) in [5.74, 6) is -0.0779. The van der Waals surface area contributed by atoms with Crippen molar-refractivity contribution in [2.45, 2.75) is 31.1 Å². The van der Waals surface area contributed by atoms with Crippen LogP contribution in [-0.4, -0.2) is 28.5 Å². The van der Waals surface area contributed by atoms with E-state index in [1.165, 1.54) is 0 Å². The highest BCUT2D eigenvalue weighted by Crippen LogP contribution is 1.98. The average Bonchev–Trinajstić information content (AvgIpc) is 1.99. The highest BCUT2D eigenvalue weighted by Gasteiger charge is 2.12. The zero-order chi connectivity index (χ0) is 8.85. The van der Waals surface area contributed by atoms with Gasteiger partial charge in [-0.25, -0.2) is 0 Å². The number of aliphatic hydroxyl groups is 1. The summed E-state index contributed by atoms with van der Waals surface area (Å²) in [6, 6.07) is -0.109. The molecule has 0 bridgehead atoms. The highest BCUT2D eigenvalue weighted by molar-refractivity contribution is 9.10. The molecule has 2 N–H and O–H groups in total. The molecule has 3 nitrogen and oxygen atoms in total.